The lowest BCUT2D eigenvalue weighted by atomic mass is 9.87. The summed E-state index contributed by atoms with van der Waals surface area (Å²) in [6.07, 6.45) is 3.52. The van der Waals surface area contributed by atoms with Crippen LogP contribution in [0.3, 0.4) is 0 Å². The second kappa shape index (κ2) is 4.45. The van der Waals surface area contributed by atoms with Crippen LogP contribution in [-0.4, -0.2) is 30.6 Å². The van der Waals surface area contributed by atoms with Gasteiger partial charge in [0, 0.05) is 25.7 Å². The molecule has 0 aromatic carbocycles. The Morgan fingerprint density at radius 1 is 1.50 bits per heavy atom. The third-order valence-corrected chi connectivity index (χ3v) is 2.98. The molecule has 1 atom stereocenters. The van der Waals surface area contributed by atoms with E-state index in [2.05, 4.69) is 38.7 Å². The van der Waals surface area contributed by atoms with Crippen LogP contribution in [0.15, 0.2) is 11.6 Å². The summed E-state index contributed by atoms with van der Waals surface area (Å²) in [5, 5.41) is 0. The van der Waals surface area contributed by atoms with Crippen molar-refractivity contribution in [2.45, 2.75) is 40.2 Å². The Hall–Kier alpha value is -0.340. The maximum absolute atomic E-state index is 6.17. The highest BCUT2D eigenvalue weighted by atomic mass is 15.1. The molecule has 0 radical (unpaired) electrons. The van der Waals surface area contributed by atoms with Gasteiger partial charge >= 0.3 is 0 Å². The van der Waals surface area contributed by atoms with Crippen LogP contribution < -0.4 is 5.73 Å². The average Bonchev–Trinajstić information content (AvgIpc) is 2.02. The van der Waals surface area contributed by atoms with Crippen molar-refractivity contribution in [3.8, 4) is 0 Å². The fourth-order valence-corrected chi connectivity index (χ4v) is 1.70. The first-order chi connectivity index (χ1) is 6.39. The third kappa shape index (κ3) is 3.43. The Morgan fingerprint density at radius 2 is 2.14 bits per heavy atom. The van der Waals surface area contributed by atoms with Crippen LogP contribution in [-0.2, 0) is 0 Å². The molecule has 0 amide bonds. The Kier molecular flexibility index (Phi) is 3.73. The summed E-state index contributed by atoms with van der Waals surface area (Å²) < 4.78 is 0. The van der Waals surface area contributed by atoms with Crippen LogP contribution in [0.1, 0.15) is 34.1 Å². The fraction of sp³-hybridized carbons (Fsp3) is 0.833. The van der Waals surface area contributed by atoms with E-state index in [0.717, 1.165) is 13.1 Å². The van der Waals surface area contributed by atoms with E-state index in [1.165, 1.54) is 18.5 Å². The van der Waals surface area contributed by atoms with E-state index in [0.29, 0.717) is 0 Å². The molecule has 0 saturated carbocycles. The van der Waals surface area contributed by atoms with Gasteiger partial charge in [-0.25, -0.2) is 0 Å². The van der Waals surface area contributed by atoms with Gasteiger partial charge in [0.1, 0.15) is 0 Å². The van der Waals surface area contributed by atoms with Crippen molar-refractivity contribution in [3.05, 3.63) is 11.6 Å². The molecule has 14 heavy (non-hydrogen) atoms. The van der Waals surface area contributed by atoms with E-state index in [-0.39, 0.29) is 11.5 Å². The summed E-state index contributed by atoms with van der Waals surface area (Å²) in [4.78, 5) is 2.46. The summed E-state index contributed by atoms with van der Waals surface area (Å²) >= 11 is 0. The zero-order valence-corrected chi connectivity index (χ0v) is 10.0. The lowest BCUT2D eigenvalue weighted by Crippen LogP contribution is -2.46. The Labute approximate surface area is 88.2 Å². The standard InChI is InChI=1S/C12H24N2/c1-10-6-5-7-14(8-10)9-11(13)12(2,3)4/h6,11H,5,7-9,13H2,1-4H3. The van der Waals surface area contributed by atoms with Crippen molar-refractivity contribution < 1.29 is 0 Å². The first-order valence-electron chi connectivity index (χ1n) is 5.53. The van der Waals surface area contributed by atoms with Crippen LogP contribution in [0.5, 0.6) is 0 Å². The van der Waals surface area contributed by atoms with Gasteiger partial charge in [0.15, 0.2) is 0 Å². The summed E-state index contributed by atoms with van der Waals surface area (Å²) in [6, 6.07) is 0.272. The van der Waals surface area contributed by atoms with E-state index in [1.54, 1.807) is 0 Å². The number of nitrogens with zero attached hydrogens (tertiary/aromatic N) is 1. The predicted octanol–water partition coefficient (Wildman–Crippen LogP) is 2.01. The predicted molar refractivity (Wildman–Crippen MR) is 62.2 cm³/mol. The smallest absolute Gasteiger partial charge is 0.0217 e. The maximum atomic E-state index is 6.17. The first kappa shape index (κ1) is 11.7. The summed E-state index contributed by atoms with van der Waals surface area (Å²) in [6.45, 7) is 12.1. The van der Waals surface area contributed by atoms with Gasteiger partial charge in [-0.3, -0.25) is 4.90 Å². The Balaban J connectivity index is 2.42. The molecule has 0 fully saturated rings. The van der Waals surface area contributed by atoms with Crippen LogP contribution in [0.25, 0.3) is 0 Å². The average molecular weight is 196 g/mol. The zero-order chi connectivity index (χ0) is 10.8. The van der Waals surface area contributed by atoms with Crippen LogP contribution in [0, 0.1) is 5.41 Å². The van der Waals surface area contributed by atoms with Gasteiger partial charge in [0.2, 0.25) is 0 Å². The van der Waals surface area contributed by atoms with Crippen LogP contribution >= 0.6 is 0 Å². The molecule has 0 aromatic heterocycles. The van der Waals surface area contributed by atoms with Crippen LogP contribution in [0.4, 0.5) is 0 Å². The lowest BCUT2D eigenvalue weighted by Gasteiger charge is -2.34. The van der Waals surface area contributed by atoms with Crippen molar-refractivity contribution in [2.24, 2.45) is 11.1 Å². The van der Waals surface area contributed by atoms with Crippen molar-refractivity contribution in [1.29, 1.82) is 0 Å². The van der Waals surface area contributed by atoms with Crippen molar-refractivity contribution in [1.82, 2.24) is 4.90 Å². The molecule has 1 heterocycles. The highest BCUT2D eigenvalue weighted by Crippen LogP contribution is 2.19. The topological polar surface area (TPSA) is 29.3 Å². The first-order valence-corrected chi connectivity index (χ1v) is 5.53. The van der Waals surface area contributed by atoms with Crippen molar-refractivity contribution in [3.63, 3.8) is 0 Å². The maximum Gasteiger partial charge on any atom is 0.0217 e. The minimum absolute atomic E-state index is 0.217. The molecule has 2 nitrogen and oxygen atoms in total. The summed E-state index contributed by atoms with van der Waals surface area (Å²) in [5.41, 5.74) is 7.87. The highest BCUT2D eigenvalue weighted by Gasteiger charge is 2.23. The number of hydrogen-bond acceptors (Lipinski definition) is 2. The van der Waals surface area contributed by atoms with Gasteiger partial charge < -0.3 is 5.73 Å². The van der Waals surface area contributed by atoms with E-state index < -0.39 is 0 Å². The largest absolute Gasteiger partial charge is 0.326 e. The molecule has 1 aliphatic rings. The van der Waals surface area contributed by atoms with Gasteiger partial charge in [0.25, 0.3) is 0 Å². The molecule has 1 unspecified atom stereocenters. The second-order valence-electron chi connectivity index (χ2n) is 5.55. The molecule has 1 aliphatic heterocycles. The fourth-order valence-electron chi connectivity index (χ4n) is 1.70. The lowest BCUT2D eigenvalue weighted by molar-refractivity contribution is 0.207. The molecule has 0 spiro atoms. The molecule has 2 heteroatoms. The monoisotopic (exact) mass is 196 g/mol. The number of nitrogens with two attached hydrogens (primary N) is 1. The van der Waals surface area contributed by atoms with E-state index in [1.807, 2.05) is 0 Å². The normalized spacial score (nSPS) is 21.9. The second-order valence-corrected chi connectivity index (χ2v) is 5.55. The van der Waals surface area contributed by atoms with Gasteiger partial charge in [-0.1, -0.05) is 32.4 Å². The molecule has 1 rings (SSSR count). The molecule has 0 bridgehead atoms. The molecular formula is C12H24N2. The highest BCUT2D eigenvalue weighted by molar-refractivity contribution is 5.05. The third-order valence-electron chi connectivity index (χ3n) is 2.98. The molecule has 0 aliphatic carbocycles. The Bertz CT molecular complexity index is 213. The zero-order valence-electron chi connectivity index (χ0n) is 10.0. The SMILES string of the molecule is CC1=CCCN(CC(N)C(C)(C)C)C1. The molecule has 2 N–H and O–H groups in total. The number of hydrogen-bond donors (Lipinski definition) is 1. The molecule has 0 saturated heterocycles. The summed E-state index contributed by atoms with van der Waals surface area (Å²) in [7, 11) is 0. The van der Waals surface area contributed by atoms with Gasteiger partial charge in [0.05, 0.1) is 0 Å². The number of rotatable bonds is 2. The van der Waals surface area contributed by atoms with Gasteiger partial charge in [-0.15, -0.1) is 0 Å². The van der Waals surface area contributed by atoms with E-state index >= 15 is 0 Å². The van der Waals surface area contributed by atoms with E-state index in [4.69, 9.17) is 5.73 Å². The van der Waals surface area contributed by atoms with E-state index in [9.17, 15) is 0 Å². The minimum atomic E-state index is 0.217. The summed E-state index contributed by atoms with van der Waals surface area (Å²) in [5.74, 6) is 0. The quantitative estimate of drug-likeness (QED) is 0.685. The van der Waals surface area contributed by atoms with Gasteiger partial charge in [-0.05, 0) is 18.8 Å². The Morgan fingerprint density at radius 3 is 2.64 bits per heavy atom. The van der Waals surface area contributed by atoms with Crippen molar-refractivity contribution >= 4 is 0 Å². The molecular weight excluding hydrogens is 172 g/mol. The molecule has 0 aromatic rings. The van der Waals surface area contributed by atoms with Crippen LogP contribution in [0.2, 0.25) is 0 Å². The minimum Gasteiger partial charge on any atom is -0.326 e. The van der Waals surface area contributed by atoms with Gasteiger partial charge in [-0.2, -0.15) is 0 Å². The van der Waals surface area contributed by atoms with Crippen molar-refractivity contribution in [2.75, 3.05) is 19.6 Å². The molecule has 82 valence electrons.